The van der Waals surface area contributed by atoms with Crippen molar-refractivity contribution in [3.05, 3.63) is 0 Å². The molecule has 0 aliphatic heterocycles. The molecule has 0 aromatic heterocycles. The predicted octanol–water partition coefficient (Wildman–Crippen LogP) is 3.41. The summed E-state index contributed by atoms with van der Waals surface area (Å²) in [5.41, 5.74) is -1.09. The maximum atomic E-state index is 12.0. The topological polar surface area (TPSA) is 43.4 Å². The van der Waals surface area contributed by atoms with Crippen molar-refractivity contribution in [1.82, 2.24) is 0 Å². The van der Waals surface area contributed by atoms with E-state index in [9.17, 15) is 22.8 Å². The van der Waals surface area contributed by atoms with Gasteiger partial charge in [0, 0.05) is 12.8 Å². The second-order valence-electron chi connectivity index (χ2n) is 5.03. The average Bonchev–Trinajstić information content (AvgIpc) is 2.69. The highest BCUT2D eigenvalue weighted by atomic mass is 19.4. The van der Waals surface area contributed by atoms with Crippen LogP contribution in [0.25, 0.3) is 0 Å². The molecule has 110 valence electrons. The molecular formula is C13H19F3O3. The summed E-state index contributed by atoms with van der Waals surface area (Å²) in [5.74, 6) is -0.666. The number of alkyl halides is 3. The molecular weight excluding hydrogens is 261 g/mol. The SMILES string of the molecule is COC(=O)C1(CCCCCC(F)(F)F)CCCC1=O. The lowest BCUT2D eigenvalue weighted by Crippen LogP contribution is -2.36. The van der Waals surface area contributed by atoms with Crippen molar-refractivity contribution in [1.29, 1.82) is 0 Å². The van der Waals surface area contributed by atoms with Gasteiger partial charge in [0.05, 0.1) is 7.11 Å². The lowest BCUT2D eigenvalue weighted by Gasteiger charge is -2.24. The van der Waals surface area contributed by atoms with Gasteiger partial charge in [-0.15, -0.1) is 0 Å². The van der Waals surface area contributed by atoms with Crippen LogP contribution in [0.4, 0.5) is 13.2 Å². The van der Waals surface area contributed by atoms with Crippen LogP contribution in [0, 0.1) is 5.41 Å². The third-order valence-electron chi connectivity index (χ3n) is 3.68. The number of carbonyl (C=O) groups excluding carboxylic acids is 2. The van der Waals surface area contributed by atoms with Crippen molar-refractivity contribution in [2.45, 2.75) is 57.5 Å². The van der Waals surface area contributed by atoms with Gasteiger partial charge >= 0.3 is 12.1 Å². The van der Waals surface area contributed by atoms with E-state index in [0.29, 0.717) is 38.5 Å². The van der Waals surface area contributed by atoms with Gasteiger partial charge in [0.2, 0.25) is 0 Å². The Morgan fingerprint density at radius 1 is 1.32 bits per heavy atom. The Hall–Kier alpha value is -1.07. The Morgan fingerprint density at radius 3 is 2.47 bits per heavy atom. The van der Waals surface area contributed by atoms with E-state index < -0.39 is 24.0 Å². The van der Waals surface area contributed by atoms with Crippen molar-refractivity contribution in [2.24, 2.45) is 5.41 Å². The van der Waals surface area contributed by atoms with E-state index in [-0.39, 0.29) is 12.2 Å². The molecule has 3 nitrogen and oxygen atoms in total. The van der Waals surface area contributed by atoms with E-state index in [1.54, 1.807) is 0 Å². The smallest absolute Gasteiger partial charge is 0.389 e. The summed E-state index contributed by atoms with van der Waals surface area (Å²) in [7, 11) is 1.24. The Kier molecular flexibility index (Phi) is 5.38. The normalized spacial score (nSPS) is 23.7. The van der Waals surface area contributed by atoms with Crippen LogP contribution < -0.4 is 0 Å². The van der Waals surface area contributed by atoms with Crippen LogP contribution in [0.15, 0.2) is 0 Å². The van der Waals surface area contributed by atoms with E-state index in [4.69, 9.17) is 0 Å². The number of Topliss-reactive ketones (excluding diaryl/α,β-unsaturated/α-hetero) is 1. The second kappa shape index (κ2) is 6.39. The highest BCUT2D eigenvalue weighted by Crippen LogP contribution is 2.40. The lowest BCUT2D eigenvalue weighted by atomic mass is 9.80. The van der Waals surface area contributed by atoms with E-state index in [0.717, 1.165) is 0 Å². The molecule has 0 aromatic rings. The summed E-state index contributed by atoms with van der Waals surface area (Å²) in [6.45, 7) is 0. The summed E-state index contributed by atoms with van der Waals surface area (Å²) >= 11 is 0. The zero-order chi connectivity index (χ0) is 14.5. The molecule has 1 aliphatic carbocycles. The molecule has 1 rings (SSSR count). The number of halogens is 3. The van der Waals surface area contributed by atoms with Gasteiger partial charge in [-0.1, -0.05) is 12.8 Å². The van der Waals surface area contributed by atoms with Crippen LogP contribution in [0.2, 0.25) is 0 Å². The maximum Gasteiger partial charge on any atom is 0.389 e. The zero-order valence-corrected chi connectivity index (χ0v) is 11.0. The highest BCUT2D eigenvalue weighted by molar-refractivity contribution is 6.05. The number of rotatable bonds is 6. The van der Waals surface area contributed by atoms with Crippen LogP contribution in [-0.4, -0.2) is 25.0 Å². The van der Waals surface area contributed by atoms with E-state index in [2.05, 4.69) is 4.74 Å². The lowest BCUT2D eigenvalue weighted by molar-refractivity contribution is -0.157. The maximum absolute atomic E-state index is 12.0. The largest absolute Gasteiger partial charge is 0.468 e. The molecule has 1 aliphatic rings. The first kappa shape index (κ1) is 16.0. The number of ether oxygens (including phenoxy) is 1. The Labute approximate surface area is 110 Å². The minimum absolute atomic E-state index is 0.0366. The number of esters is 1. The molecule has 1 fully saturated rings. The van der Waals surface area contributed by atoms with Crippen LogP contribution in [0.1, 0.15) is 51.4 Å². The van der Waals surface area contributed by atoms with Crippen molar-refractivity contribution in [3.63, 3.8) is 0 Å². The fourth-order valence-electron chi connectivity index (χ4n) is 2.64. The molecule has 0 N–H and O–H groups in total. The number of methoxy groups -OCH3 is 1. The highest BCUT2D eigenvalue weighted by Gasteiger charge is 2.48. The molecule has 1 atom stereocenters. The van der Waals surface area contributed by atoms with Crippen LogP contribution in [0.5, 0.6) is 0 Å². The zero-order valence-electron chi connectivity index (χ0n) is 11.0. The monoisotopic (exact) mass is 280 g/mol. The number of hydrogen-bond acceptors (Lipinski definition) is 3. The molecule has 0 radical (unpaired) electrons. The first-order valence-corrected chi connectivity index (χ1v) is 6.50. The first-order chi connectivity index (χ1) is 8.82. The van der Waals surface area contributed by atoms with Crippen molar-refractivity contribution >= 4 is 11.8 Å². The van der Waals surface area contributed by atoms with Crippen LogP contribution in [0.3, 0.4) is 0 Å². The quantitative estimate of drug-likeness (QED) is 0.425. The fourth-order valence-corrected chi connectivity index (χ4v) is 2.64. The Balaban J connectivity index is 2.43. The molecule has 1 saturated carbocycles. The van der Waals surface area contributed by atoms with Crippen molar-refractivity contribution < 1.29 is 27.5 Å². The molecule has 1 unspecified atom stereocenters. The third kappa shape index (κ3) is 4.21. The predicted molar refractivity (Wildman–Crippen MR) is 62.4 cm³/mol. The Morgan fingerprint density at radius 2 is 2.00 bits per heavy atom. The number of unbranched alkanes of at least 4 members (excludes halogenated alkanes) is 2. The van der Waals surface area contributed by atoms with E-state index in [1.807, 2.05) is 0 Å². The fraction of sp³-hybridized carbons (Fsp3) is 0.846. The molecule has 0 amide bonds. The third-order valence-corrected chi connectivity index (χ3v) is 3.68. The molecule has 6 heteroatoms. The van der Waals surface area contributed by atoms with Crippen molar-refractivity contribution in [2.75, 3.05) is 7.11 Å². The van der Waals surface area contributed by atoms with Gasteiger partial charge in [0.15, 0.2) is 0 Å². The van der Waals surface area contributed by atoms with E-state index >= 15 is 0 Å². The molecule has 0 spiro atoms. The molecule has 0 saturated heterocycles. The number of carbonyl (C=O) groups is 2. The summed E-state index contributed by atoms with van der Waals surface area (Å²) in [6, 6.07) is 0. The van der Waals surface area contributed by atoms with Gasteiger partial charge in [-0.3, -0.25) is 9.59 Å². The van der Waals surface area contributed by atoms with Gasteiger partial charge in [0.1, 0.15) is 11.2 Å². The minimum atomic E-state index is -4.14. The standard InChI is InChI=1S/C13H19F3O3/c1-19-11(18)12(8-5-6-10(12)17)7-3-2-4-9-13(14,15)16/h2-9H2,1H3. The van der Waals surface area contributed by atoms with Gasteiger partial charge in [-0.2, -0.15) is 13.2 Å². The summed E-state index contributed by atoms with van der Waals surface area (Å²) in [4.78, 5) is 23.6. The van der Waals surface area contributed by atoms with Gasteiger partial charge in [-0.25, -0.2) is 0 Å². The van der Waals surface area contributed by atoms with Crippen molar-refractivity contribution in [3.8, 4) is 0 Å². The number of hydrogen-bond donors (Lipinski definition) is 0. The van der Waals surface area contributed by atoms with Crippen LogP contribution in [-0.2, 0) is 14.3 Å². The van der Waals surface area contributed by atoms with Gasteiger partial charge in [-0.05, 0) is 25.7 Å². The van der Waals surface area contributed by atoms with Gasteiger partial charge < -0.3 is 4.74 Å². The summed E-state index contributed by atoms with van der Waals surface area (Å²) in [6.07, 6.45) is -2.34. The summed E-state index contributed by atoms with van der Waals surface area (Å²) < 4.78 is 40.6. The first-order valence-electron chi connectivity index (χ1n) is 6.50. The molecule has 0 aromatic carbocycles. The molecule has 0 bridgehead atoms. The second-order valence-corrected chi connectivity index (χ2v) is 5.03. The molecule has 0 heterocycles. The average molecular weight is 280 g/mol. The number of ketones is 1. The Bertz CT molecular complexity index is 339. The summed E-state index contributed by atoms with van der Waals surface area (Å²) in [5, 5.41) is 0. The molecule has 19 heavy (non-hydrogen) atoms. The minimum Gasteiger partial charge on any atom is -0.468 e. The van der Waals surface area contributed by atoms with Crippen LogP contribution >= 0.6 is 0 Å². The van der Waals surface area contributed by atoms with E-state index in [1.165, 1.54) is 7.11 Å². The van der Waals surface area contributed by atoms with Gasteiger partial charge in [0.25, 0.3) is 0 Å².